The summed E-state index contributed by atoms with van der Waals surface area (Å²) < 4.78 is 14.2. The van der Waals surface area contributed by atoms with Crippen LogP contribution in [0.4, 0.5) is 10.1 Å². The Bertz CT molecular complexity index is 586. The van der Waals surface area contributed by atoms with E-state index in [0.29, 0.717) is 4.47 Å². The van der Waals surface area contributed by atoms with E-state index in [-0.39, 0.29) is 27.6 Å². The number of guanidine groups is 2. The van der Waals surface area contributed by atoms with Gasteiger partial charge in [-0.1, -0.05) is 0 Å². The predicted octanol–water partition coefficient (Wildman–Crippen LogP) is 1.44. The molecule has 0 amide bonds. The van der Waals surface area contributed by atoms with E-state index in [1.165, 1.54) is 6.07 Å². The van der Waals surface area contributed by atoms with Gasteiger partial charge in [0.15, 0.2) is 11.8 Å². The molecule has 1 aromatic carbocycles. The van der Waals surface area contributed by atoms with Crippen molar-refractivity contribution in [3.05, 3.63) is 26.4 Å². The Kier molecular flexibility index (Phi) is 4.63. The van der Waals surface area contributed by atoms with Crippen LogP contribution in [0.2, 0.25) is 0 Å². The van der Waals surface area contributed by atoms with Crippen LogP contribution in [0, 0.1) is 17.1 Å². The maximum atomic E-state index is 13.7. The lowest BCUT2D eigenvalue weighted by molar-refractivity contribution is 0.617. The number of halogens is 3. The SMILES string of the molecule is N#Cc1c(F)c(Br)cc(Br)c1N=C(N)N=C(N)N. The highest BCUT2D eigenvalue weighted by Gasteiger charge is 2.16. The van der Waals surface area contributed by atoms with Crippen LogP contribution >= 0.6 is 31.9 Å². The summed E-state index contributed by atoms with van der Waals surface area (Å²) in [4.78, 5) is 7.27. The quantitative estimate of drug-likeness (QED) is 0.388. The number of hydrogen-bond acceptors (Lipinski definition) is 2. The molecule has 0 saturated heterocycles. The second-order valence-electron chi connectivity index (χ2n) is 3.00. The molecule has 9 heteroatoms. The Morgan fingerprint density at radius 1 is 1.28 bits per heavy atom. The molecule has 6 N–H and O–H groups in total. The van der Waals surface area contributed by atoms with Gasteiger partial charge in [0.1, 0.15) is 17.3 Å². The van der Waals surface area contributed by atoms with Crippen LogP contribution in [0.5, 0.6) is 0 Å². The summed E-state index contributed by atoms with van der Waals surface area (Å²) >= 11 is 6.12. The number of nitriles is 1. The summed E-state index contributed by atoms with van der Waals surface area (Å²) in [6.07, 6.45) is 0. The maximum absolute atomic E-state index is 13.7. The average molecular weight is 378 g/mol. The van der Waals surface area contributed by atoms with Gasteiger partial charge in [0.2, 0.25) is 5.96 Å². The van der Waals surface area contributed by atoms with Crippen molar-refractivity contribution in [2.75, 3.05) is 0 Å². The monoisotopic (exact) mass is 376 g/mol. The third-order valence-corrected chi connectivity index (χ3v) is 2.91. The lowest BCUT2D eigenvalue weighted by Crippen LogP contribution is -2.26. The normalized spacial score (nSPS) is 10.9. The topological polar surface area (TPSA) is 127 Å². The van der Waals surface area contributed by atoms with E-state index in [0.717, 1.165) is 0 Å². The van der Waals surface area contributed by atoms with Crippen molar-refractivity contribution in [3.8, 4) is 6.07 Å². The molecule has 0 saturated carbocycles. The van der Waals surface area contributed by atoms with Crippen LogP contribution in [0.15, 0.2) is 25.0 Å². The molecule has 0 unspecified atom stereocenters. The van der Waals surface area contributed by atoms with Gasteiger partial charge in [0.05, 0.1) is 4.47 Å². The first-order valence-electron chi connectivity index (χ1n) is 4.38. The van der Waals surface area contributed by atoms with E-state index >= 15 is 0 Å². The van der Waals surface area contributed by atoms with E-state index in [4.69, 9.17) is 22.5 Å². The van der Waals surface area contributed by atoms with Crippen molar-refractivity contribution in [2.24, 2.45) is 27.2 Å². The molecule has 0 fully saturated rings. The summed E-state index contributed by atoms with van der Waals surface area (Å²) in [5.74, 6) is -1.31. The third-order valence-electron chi connectivity index (χ3n) is 1.73. The molecule has 0 aliphatic heterocycles. The summed E-state index contributed by atoms with van der Waals surface area (Å²) in [6, 6.07) is 3.10. The molecule has 0 heterocycles. The van der Waals surface area contributed by atoms with Gasteiger partial charge < -0.3 is 17.2 Å². The van der Waals surface area contributed by atoms with Crippen molar-refractivity contribution >= 4 is 49.5 Å². The van der Waals surface area contributed by atoms with Gasteiger partial charge in [0, 0.05) is 4.47 Å². The zero-order valence-corrected chi connectivity index (χ0v) is 12.0. The minimum Gasteiger partial charge on any atom is -0.370 e. The number of aliphatic imine (C=N–C) groups is 2. The Balaban J connectivity index is 3.48. The number of hydrogen-bond donors (Lipinski definition) is 3. The summed E-state index contributed by atoms with van der Waals surface area (Å²) in [6.45, 7) is 0. The van der Waals surface area contributed by atoms with Crippen LogP contribution < -0.4 is 17.2 Å². The van der Waals surface area contributed by atoms with Crippen molar-refractivity contribution in [2.45, 2.75) is 0 Å². The third kappa shape index (κ3) is 3.18. The number of nitrogens with two attached hydrogens (primary N) is 3. The van der Waals surface area contributed by atoms with Gasteiger partial charge >= 0.3 is 0 Å². The highest BCUT2D eigenvalue weighted by atomic mass is 79.9. The van der Waals surface area contributed by atoms with Crippen LogP contribution in [-0.2, 0) is 0 Å². The summed E-state index contributed by atoms with van der Waals surface area (Å²) in [5, 5.41) is 8.92. The first-order valence-corrected chi connectivity index (χ1v) is 5.96. The lowest BCUT2D eigenvalue weighted by Gasteiger charge is -2.05. The molecule has 1 rings (SSSR count). The van der Waals surface area contributed by atoms with Crippen molar-refractivity contribution in [1.29, 1.82) is 5.26 Å². The second-order valence-corrected chi connectivity index (χ2v) is 4.70. The van der Waals surface area contributed by atoms with E-state index in [9.17, 15) is 4.39 Å². The molecule has 1 aromatic rings. The van der Waals surface area contributed by atoms with Crippen LogP contribution in [0.25, 0.3) is 0 Å². The molecule has 0 spiro atoms. The fourth-order valence-corrected chi connectivity index (χ4v) is 2.32. The smallest absolute Gasteiger partial charge is 0.223 e. The van der Waals surface area contributed by atoms with E-state index in [1.54, 1.807) is 6.07 Å². The second kappa shape index (κ2) is 5.79. The molecule has 18 heavy (non-hydrogen) atoms. The van der Waals surface area contributed by atoms with Gasteiger partial charge in [0.25, 0.3) is 0 Å². The first-order chi connectivity index (χ1) is 8.36. The zero-order chi connectivity index (χ0) is 13.9. The molecule has 0 radical (unpaired) electrons. The minimum absolute atomic E-state index is 0.0145. The van der Waals surface area contributed by atoms with E-state index in [2.05, 4.69) is 41.8 Å². The number of benzene rings is 1. The molecular formula is C9H7Br2FN6. The van der Waals surface area contributed by atoms with Crippen molar-refractivity contribution in [1.82, 2.24) is 0 Å². The molecule has 94 valence electrons. The zero-order valence-electron chi connectivity index (χ0n) is 8.78. The van der Waals surface area contributed by atoms with Gasteiger partial charge in [-0.15, -0.1) is 0 Å². The van der Waals surface area contributed by atoms with Crippen LogP contribution in [0.1, 0.15) is 5.56 Å². The lowest BCUT2D eigenvalue weighted by atomic mass is 10.2. The summed E-state index contributed by atoms with van der Waals surface area (Å²) in [5.41, 5.74) is 15.4. The molecule has 0 aliphatic carbocycles. The molecule has 0 atom stereocenters. The van der Waals surface area contributed by atoms with Crippen LogP contribution in [0.3, 0.4) is 0 Å². The Morgan fingerprint density at radius 3 is 2.39 bits per heavy atom. The Labute approximate surface area is 119 Å². The minimum atomic E-state index is -0.739. The van der Waals surface area contributed by atoms with Crippen LogP contribution in [-0.4, -0.2) is 11.9 Å². The first kappa shape index (κ1) is 14.4. The van der Waals surface area contributed by atoms with Gasteiger partial charge in [-0.05, 0) is 37.9 Å². The van der Waals surface area contributed by atoms with E-state index < -0.39 is 5.82 Å². The standard InChI is InChI=1S/C9H7Br2FN6/c10-4-1-5(11)7(3(2-13)6(4)12)17-9(16)18-8(14)15/h1H,(H6,14,15,16,17,18). The molecular weight excluding hydrogens is 371 g/mol. The maximum Gasteiger partial charge on any atom is 0.223 e. The fourth-order valence-electron chi connectivity index (χ4n) is 1.07. The highest BCUT2D eigenvalue weighted by molar-refractivity contribution is 9.11. The molecule has 0 aliphatic rings. The highest BCUT2D eigenvalue weighted by Crippen LogP contribution is 2.35. The number of nitrogens with zero attached hydrogens (tertiary/aromatic N) is 3. The van der Waals surface area contributed by atoms with Gasteiger partial charge in [-0.2, -0.15) is 10.3 Å². The predicted molar refractivity (Wildman–Crippen MR) is 73.6 cm³/mol. The average Bonchev–Trinajstić information content (AvgIpc) is 2.25. The molecule has 0 aromatic heterocycles. The summed E-state index contributed by atoms with van der Waals surface area (Å²) in [7, 11) is 0. The van der Waals surface area contributed by atoms with Gasteiger partial charge in [-0.3, -0.25) is 0 Å². The number of rotatable bonds is 1. The van der Waals surface area contributed by atoms with E-state index in [1.807, 2.05) is 0 Å². The van der Waals surface area contributed by atoms with Gasteiger partial charge in [-0.25, -0.2) is 9.38 Å². The van der Waals surface area contributed by atoms with Crippen molar-refractivity contribution < 1.29 is 4.39 Å². The molecule has 0 bridgehead atoms. The fraction of sp³-hybridized carbons (Fsp3) is 0. The largest absolute Gasteiger partial charge is 0.370 e. The Hall–Kier alpha value is -1.66. The molecule has 6 nitrogen and oxygen atoms in total. The van der Waals surface area contributed by atoms with Crippen molar-refractivity contribution in [3.63, 3.8) is 0 Å². The Morgan fingerprint density at radius 2 is 1.89 bits per heavy atom.